The van der Waals surface area contributed by atoms with E-state index in [0.717, 1.165) is 15.4 Å². The smallest absolute Gasteiger partial charge is 0.409 e. The van der Waals surface area contributed by atoms with Gasteiger partial charge < -0.3 is 9.64 Å². The lowest BCUT2D eigenvalue weighted by Gasteiger charge is -2.24. The lowest BCUT2D eigenvalue weighted by Crippen LogP contribution is -2.35. The number of nitrogens with one attached hydrogen (secondary N) is 1. The van der Waals surface area contributed by atoms with Gasteiger partial charge >= 0.3 is 6.09 Å². The summed E-state index contributed by atoms with van der Waals surface area (Å²) < 4.78 is 4.74. The van der Waals surface area contributed by atoms with Crippen molar-refractivity contribution in [1.29, 1.82) is 0 Å². The molecule has 0 atom stereocenters. The van der Waals surface area contributed by atoms with Crippen LogP contribution < -0.4 is 5.32 Å². The van der Waals surface area contributed by atoms with Crippen molar-refractivity contribution in [3.05, 3.63) is 39.0 Å². The van der Waals surface area contributed by atoms with Crippen molar-refractivity contribution in [1.82, 2.24) is 9.88 Å². The first-order valence-corrected chi connectivity index (χ1v) is 8.69. The number of ether oxygens (including phenoxy) is 1. The van der Waals surface area contributed by atoms with E-state index >= 15 is 0 Å². The number of thiazole rings is 1. The molecule has 0 aliphatic carbocycles. The minimum atomic E-state index is -0.339. The number of fused-ring (bicyclic) bond motifs is 1. The van der Waals surface area contributed by atoms with Gasteiger partial charge in [0.05, 0.1) is 19.3 Å². The Labute approximate surface area is 141 Å². The fraction of sp³-hybridized carbons (Fsp3) is 0.267. The number of nitrogens with zero attached hydrogens (tertiary/aromatic N) is 2. The minimum absolute atomic E-state index is 0.214. The molecule has 1 aliphatic heterocycles. The Morgan fingerprint density at radius 2 is 2.35 bits per heavy atom. The number of carbonyl (C=O) groups is 2. The van der Waals surface area contributed by atoms with Gasteiger partial charge in [0.2, 0.25) is 5.91 Å². The summed E-state index contributed by atoms with van der Waals surface area (Å²) in [5, 5.41) is 5.29. The topological polar surface area (TPSA) is 71.5 Å². The van der Waals surface area contributed by atoms with Crippen LogP contribution in [0.3, 0.4) is 0 Å². The molecule has 0 aromatic carbocycles. The maximum absolute atomic E-state index is 11.9. The molecule has 1 aliphatic rings. The molecule has 2 aromatic heterocycles. The zero-order valence-electron chi connectivity index (χ0n) is 12.4. The van der Waals surface area contributed by atoms with Crippen LogP contribution in [0.15, 0.2) is 23.6 Å². The SMILES string of the molecule is COC(=O)N1CCc2nc(NC(=O)/C=C/c3cccs3)sc2C1. The Morgan fingerprint density at radius 1 is 1.48 bits per heavy atom. The molecular weight excluding hydrogens is 334 g/mol. The van der Waals surface area contributed by atoms with Crippen molar-refractivity contribution in [2.75, 3.05) is 19.0 Å². The van der Waals surface area contributed by atoms with Crippen LogP contribution in [-0.2, 0) is 22.5 Å². The molecule has 3 heterocycles. The molecule has 2 aromatic rings. The summed E-state index contributed by atoms with van der Waals surface area (Å²) in [4.78, 5) is 31.6. The van der Waals surface area contributed by atoms with Gasteiger partial charge in [-0.2, -0.15) is 0 Å². The molecule has 0 saturated heterocycles. The van der Waals surface area contributed by atoms with E-state index in [4.69, 9.17) is 4.74 Å². The molecule has 8 heteroatoms. The van der Waals surface area contributed by atoms with Crippen LogP contribution in [0.2, 0.25) is 0 Å². The van der Waals surface area contributed by atoms with Gasteiger partial charge in [-0.25, -0.2) is 9.78 Å². The Morgan fingerprint density at radius 3 is 3.09 bits per heavy atom. The zero-order valence-corrected chi connectivity index (χ0v) is 14.1. The van der Waals surface area contributed by atoms with E-state index in [1.54, 1.807) is 22.3 Å². The molecule has 2 amide bonds. The van der Waals surface area contributed by atoms with Gasteiger partial charge in [0, 0.05) is 28.8 Å². The second-order valence-corrected chi connectivity index (χ2v) is 6.93. The third-order valence-corrected chi connectivity index (χ3v) is 5.17. The molecular formula is C15H15N3O3S2. The number of hydrogen-bond donors (Lipinski definition) is 1. The molecule has 0 radical (unpaired) electrons. The van der Waals surface area contributed by atoms with Crippen molar-refractivity contribution < 1.29 is 14.3 Å². The van der Waals surface area contributed by atoms with Crippen LogP contribution in [0.25, 0.3) is 6.08 Å². The highest BCUT2D eigenvalue weighted by Gasteiger charge is 2.24. The molecule has 23 heavy (non-hydrogen) atoms. The Bertz CT molecular complexity index is 737. The Balaban J connectivity index is 1.63. The van der Waals surface area contributed by atoms with Crippen molar-refractivity contribution in [2.24, 2.45) is 0 Å². The number of thiophene rings is 1. The summed E-state index contributed by atoms with van der Waals surface area (Å²) in [5.41, 5.74) is 0.938. The second kappa shape index (κ2) is 6.93. The van der Waals surface area contributed by atoms with Crippen molar-refractivity contribution in [3.63, 3.8) is 0 Å². The summed E-state index contributed by atoms with van der Waals surface area (Å²) in [7, 11) is 1.37. The standard InChI is InChI=1S/C15H15N3O3S2/c1-21-15(20)18-7-6-11-12(9-18)23-14(16-11)17-13(19)5-4-10-3-2-8-22-10/h2-5,8H,6-7,9H2,1H3,(H,16,17,19)/b5-4+. The number of anilines is 1. The summed E-state index contributed by atoms with van der Waals surface area (Å²) >= 11 is 2.96. The van der Waals surface area contributed by atoms with Crippen LogP contribution in [0.5, 0.6) is 0 Å². The second-order valence-electron chi connectivity index (χ2n) is 4.87. The zero-order chi connectivity index (χ0) is 16.2. The van der Waals surface area contributed by atoms with Crippen LogP contribution in [0.4, 0.5) is 9.93 Å². The summed E-state index contributed by atoms with van der Waals surface area (Å²) in [6.45, 7) is 1.05. The number of aromatic nitrogens is 1. The lowest BCUT2D eigenvalue weighted by atomic mass is 10.2. The van der Waals surface area contributed by atoms with E-state index < -0.39 is 0 Å². The predicted molar refractivity (Wildman–Crippen MR) is 90.6 cm³/mol. The average molecular weight is 349 g/mol. The van der Waals surface area contributed by atoms with Gasteiger partial charge in [-0.05, 0) is 17.5 Å². The third kappa shape index (κ3) is 3.77. The first-order chi connectivity index (χ1) is 11.2. The van der Waals surface area contributed by atoms with Crippen molar-refractivity contribution in [2.45, 2.75) is 13.0 Å². The van der Waals surface area contributed by atoms with Gasteiger partial charge in [0.15, 0.2) is 5.13 Å². The number of carbonyl (C=O) groups excluding carboxylic acids is 2. The fourth-order valence-electron chi connectivity index (χ4n) is 2.22. The van der Waals surface area contributed by atoms with Crippen molar-refractivity contribution >= 4 is 45.9 Å². The van der Waals surface area contributed by atoms with Crippen LogP contribution in [0, 0.1) is 0 Å². The van der Waals surface area contributed by atoms with Crippen LogP contribution >= 0.6 is 22.7 Å². The highest BCUT2D eigenvalue weighted by molar-refractivity contribution is 7.15. The number of hydrogen-bond acceptors (Lipinski definition) is 6. The summed E-state index contributed by atoms with van der Waals surface area (Å²) in [6, 6.07) is 3.88. The maximum atomic E-state index is 11.9. The van der Waals surface area contributed by atoms with Gasteiger partial charge in [0.25, 0.3) is 0 Å². The highest BCUT2D eigenvalue weighted by atomic mass is 32.1. The Hall–Kier alpha value is -2.19. The van der Waals surface area contributed by atoms with E-state index in [2.05, 4.69) is 10.3 Å². The number of amides is 2. The van der Waals surface area contributed by atoms with Crippen LogP contribution in [-0.4, -0.2) is 35.5 Å². The number of rotatable bonds is 3. The molecule has 0 fully saturated rings. The van der Waals surface area contributed by atoms with Gasteiger partial charge in [0.1, 0.15) is 0 Å². The third-order valence-electron chi connectivity index (χ3n) is 3.34. The average Bonchev–Trinajstić information content (AvgIpc) is 3.20. The first kappa shape index (κ1) is 15.7. The lowest BCUT2D eigenvalue weighted by molar-refractivity contribution is -0.111. The summed E-state index contributed by atoms with van der Waals surface area (Å²) in [5.74, 6) is -0.214. The van der Waals surface area contributed by atoms with E-state index in [0.29, 0.717) is 24.6 Å². The molecule has 3 rings (SSSR count). The monoisotopic (exact) mass is 349 g/mol. The minimum Gasteiger partial charge on any atom is -0.453 e. The highest BCUT2D eigenvalue weighted by Crippen LogP contribution is 2.28. The molecule has 1 N–H and O–H groups in total. The molecule has 0 saturated carbocycles. The fourth-order valence-corrected chi connectivity index (χ4v) is 3.87. The normalized spacial score (nSPS) is 13.9. The molecule has 120 valence electrons. The van der Waals surface area contributed by atoms with E-state index in [-0.39, 0.29) is 12.0 Å². The Kier molecular flexibility index (Phi) is 4.73. The van der Waals surface area contributed by atoms with Crippen LogP contribution in [0.1, 0.15) is 15.4 Å². The molecule has 6 nitrogen and oxygen atoms in total. The summed E-state index contributed by atoms with van der Waals surface area (Å²) in [6.07, 6.45) is 3.59. The van der Waals surface area contributed by atoms with E-state index in [9.17, 15) is 9.59 Å². The quantitative estimate of drug-likeness (QED) is 0.865. The maximum Gasteiger partial charge on any atom is 0.409 e. The van der Waals surface area contributed by atoms with Crippen molar-refractivity contribution in [3.8, 4) is 0 Å². The molecule has 0 bridgehead atoms. The first-order valence-electron chi connectivity index (χ1n) is 7.00. The van der Waals surface area contributed by atoms with E-state index in [1.165, 1.54) is 24.5 Å². The molecule has 0 unspecified atom stereocenters. The van der Waals surface area contributed by atoms with Gasteiger partial charge in [-0.3, -0.25) is 10.1 Å². The van der Waals surface area contributed by atoms with E-state index in [1.807, 2.05) is 17.5 Å². The van der Waals surface area contributed by atoms with Gasteiger partial charge in [-0.1, -0.05) is 17.4 Å². The van der Waals surface area contributed by atoms with Gasteiger partial charge in [-0.15, -0.1) is 11.3 Å². The molecule has 0 spiro atoms. The number of methoxy groups -OCH3 is 1. The predicted octanol–water partition coefficient (Wildman–Crippen LogP) is 2.98. The largest absolute Gasteiger partial charge is 0.453 e.